The molecule has 0 aliphatic rings. The molecule has 0 saturated carbocycles. The number of carbonyl (C=O) groups excluding carboxylic acids is 1. The smallest absolute Gasteiger partial charge is 0.243 e. The average molecular weight is 278 g/mol. The van der Waals surface area contributed by atoms with Crippen molar-refractivity contribution in [3.05, 3.63) is 29.8 Å². The van der Waals surface area contributed by atoms with Gasteiger partial charge in [0.1, 0.15) is 16.5 Å². The maximum absolute atomic E-state index is 13.3. The van der Waals surface area contributed by atoms with Gasteiger partial charge in [-0.1, -0.05) is 0 Å². The predicted octanol–water partition coefficient (Wildman–Crippen LogP) is 0.379. The zero-order chi connectivity index (χ0) is 13.8. The van der Waals surface area contributed by atoms with Crippen molar-refractivity contribution in [3.63, 3.8) is 0 Å². The number of hydrogen-bond acceptors (Lipinski definition) is 3. The van der Waals surface area contributed by atoms with Gasteiger partial charge in [0, 0.05) is 26.1 Å². The van der Waals surface area contributed by atoms with Gasteiger partial charge in [-0.25, -0.2) is 21.9 Å². The molecule has 2 N–H and O–H groups in total. The summed E-state index contributed by atoms with van der Waals surface area (Å²) in [6, 6.07) is 2.18. The van der Waals surface area contributed by atoms with Gasteiger partial charge in [0.05, 0.1) is 0 Å². The highest BCUT2D eigenvalue weighted by molar-refractivity contribution is 7.89. The summed E-state index contributed by atoms with van der Waals surface area (Å²) in [5.41, 5.74) is 0. The molecule has 0 saturated heterocycles. The van der Waals surface area contributed by atoms with E-state index in [1.807, 2.05) is 0 Å². The van der Waals surface area contributed by atoms with E-state index < -0.39 is 26.6 Å². The van der Waals surface area contributed by atoms with Crippen LogP contribution >= 0.6 is 0 Å². The second-order valence-electron chi connectivity index (χ2n) is 3.46. The summed E-state index contributed by atoms with van der Waals surface area (Å²) < 4.78 is 51.2. The highest BCUT2D eigenvalue weighted by Gasteiger charge is 2.18. The van der Waals surface area contributed by atoms with Gasteiger partial charge in [0.15, 0.2) is 0 Å². The standard InChI is InChI=1S/C10H12F2N2O3S/c1-7(15)13-4-5-14-18(16,17)10-3-2-8(11)6-9(10)12/h2-3,6,14H,4-5H2,1H3,(H,13,15). The van der Waals surface area contributed by atoms with Gasteiger partial charge in [-0.15, -0.1) is 0 Å². The van der Waals surface area contributed by atoms with Crippen LogP contribution in [0, 0.1) is 11.6 Å². The molecule has 0 unspecified atom stereocenters. The molecule has 0 heterocycles. The van der Waals surface area contributed by atoms with E-state index in [2.05, 4.69) is 10.0 Å². The van der Waals surface area contributed by atoms with Crippen molar-refractivity contribution < 1.29 is 22.0 Å². The molecule has 18 heavy (non-hydrogen) atoms. The fourth-order valence-corrected chi connectivity index (χ4v) is 2.28. The Hall–Kier alpha value is -1.54. The SMILES string of the molecule is CC(=O)NCCNS(=O)(=O)c1ccc(F)cc1F. The minimum atomic E-state index is -4.05. The molecule has 1 aromatic carbocycles. The predicted molar refractivity (Wildman–Crippen MR) is 60.2 cm³/mol. The van der Waals surface area contributed by atoms with Gasteiger partial charge in [-0.2, -0.15) is 0 Å². The molecule has 0 fully saturated rings. The maximum atomic E-state index is 13.3. The topological polar surface area (TPSA) is 75.3 Å². The lowest BCUT2D eigenvalue weighted by atomic mass is 10.3. The van der Waals surface area contributed by atoms with Crippen LogP contribution in [0.4, 0.5) is 8.78 Å². The maximum Gasteiger partial charge on any atom is 0.243 e. The van der Waals surface area contributed by atoms with Gasteiger partial charge in [-0.05, 0) is 12.1 Å². The Balaban J connectivity index is 2.71. The quantitative estimate of drug-likeness (QED) is 0.765. The number of benzene rings is 1. The third kappa shape index (κ3) is 4.04. The first-order valence-electron chi connectivity index (χ1n) is 5.02. The zero-order valence-electron chi connectivity index (χ0n) is 9.54. The fourth-order valence-electron chi connectivity index (χ4n) is 1.19. The molecule has 1 amide bonds. The molecule has 0 atom stereocenters. The highest BCUT2D eigenvalue weighted by atomic mass is 32.2. The normalized spacial score (nSPS) is 11.3. The lowest BCUT2D eigenvalue weighted by Gasteiger charge is -2.07. The molecular weight excluding hydrogens is 266 g/mol. The number of amides is 1. The van der Waals surface area contributed by atoms with Crippen molar-refractivity contribution in [2.75, 3.05) is 13.1 Å². The molecule has 0 aliphatic heterocycles. The molecule has 5 nitrogen and oxygen atoms in total. The Morgan fingerprint density at radius 3 is 2.50 bits per heavy atom. The van der Waals surface area contributed by atoms with E-state index in [1.54, 1.807) is 0 Å². The van der Waals surface area contributed by atoms with Crippen LogP contribution in [0.5, 0.6) is 0 Å². The van der Waals surface area contributed by atoms with E-state index in [1.165, 1.54) is 6.92 Å². The summed E-state index contributed by atoms with van der Waals surface area (Å²) in [6.45, 7) is 1.28. The van der Waals surface area contributed by atoms with Crippen LogP contribution in [0.15, 0.2) is 23.1 Å². The molecule has 0 spiro atoms. The first-order chi connectivity index (χ1) is 8.33. The number of hydrogen-bond donors (Lipinski definition) is 2. The zero-order valence-corrected chi connectivity index (χ0v) is 10.4. The second-order valence-corrected chi connectivity index (χ2v) is 5.19. The monoisotopic (exact) mass is 278 g/mol. The lowest BCUT2D eigenvalue weighted by molar-refractivity contribution is -0.118. The van der Waals surface area contributed by atoms with Crippen LogP contribution in [0.1, 0.15) is 6.92 Å². The van der Waals surface area contributed by atoms with Crippen molar-refractivity contribution in [2.45, 2.75) is 11.8 Å². The van der Waals surface area contributed by atoms with Gasteiger partial charge in [-0.3, -0.25) is 4.79 Å². The summed E-state index contributed by atoms with van der Waals surface area (Å²) in [6.07, 6.45) is 0. The minimum Gasteiger partial charge on any atom is -0.355 e. The molecule has 0 radical (unpaired) electrons. The van der Waals surface area contributed by atoms with Crippen LogP contribution in [-0.4, -0.2) is 27.4 Å². The number of rotatable bonds is 5. The molecular formula is C10H12F2N2O3S. The molecule has 0 bridgehead atoms. The summed E-state index contributed by atoms with van der Waals surface area (Å²) in [4.78, 5) is 9.91. The van der Waals surface area contributed by atoms with Crippen molar-refractivity contribution in [1.29, 1.82) is 0 Å². The third-order valence-corrected chi connectivity index (χ3v) is 3.47. The average Bonchev–Trinajstić information content (AvgIpc) is 2.23. The van der Waals surface area contributed by atoms with Crippen LogP contribution in [0.3, 0.4) is 0 Å². The van der Waals surface area contributed by atoms with Crippen molar-refractivity contribution >= 4 is 15.9 Å². The molecule has 8 heteroatoms. The van der Waals surface area contributed by atoms with Crippen molar-refractivity contribution in [3.8, 4) is 0 Å². The van der Waals surface area contributed by atoms with Crippen molar-refractivity contribution in [2.24, 2.45) is 0 Å². The van der Waals surface area contributed by atoms with Gasteiger partial charge < -0.3 is 5.32 Å². The van der Waals surface area contributed by atoms with Crippen LogP contribution in [0.25, 0.3) is 0 Å². The van der Waals surface area contributed by atoms with Gasteiger partial charge >= 0.3 is 0 Å². The Morgan fingerprint density at radius 2 is 1.94 bits per heavy atom. The number of nitrogens with one attached hydrogen (secondary N) is 2. The van der Waals surface area contributed by atoms with E-state index in [9.17, 15) is 22.0 Å². The first-order valence-corrected chi connectivity index (χ1v) is 6.50. The summed E-state index contributed by atoms with van der Waals surface area (Å²) in [5, 5.41) is 2.37. The molecule has 0 aromatic heterocycles. The Kier molecular flexibility index (Phi) is 4.74. The lowest BCUT2D eigenvalue weighted by Crippen LogP contribution is -2.34. The Labute approximate surface area is 103 Å². The van der Waals surface area contributed by atoms with E-state index in [4.69, 9.17) is 0 Å². The van der Waals surface area contributed by atoms with Crippen LogP contribution in [-0.2, 0) is 14.8 Å². The molecule has 0 aliphatic carbocycles. The summed E-state index contributed by atoms with van der Waals surface area (Å²) >= 11 is 0. The summed E-state index contributed by atoms with van der Waals surface area (Å²) in [5.74, 6) is -2.33. The number of sulfonamides is 1. The fraction of sp³-hybridized carbons (Fsp3) is 0.300. The van der Waals surface area contributed by atoms with E-state index >= 15 is 0 Å². The molecule has 100 valence electrons. The minimum absolute atomic E-state index is 0.0807. The van der Waals surface area contributed by atoms with E-state index in [0.29, 0.717) is 6.07 Å². The van der Waals surface area contributed by atoms with E-state index in [-0.39, 0.29) is 19.0 Å². The van der Waals surface area contributed by atoms with Crippen LogP contribution < -0.4 is 10.0 Å². The number of halogens is 2. The summed E-state index contributed by atoms with van der Waals surface area (Å²) in [7, 11) is -4.05. The number of carbonyl (C=O) groups is 1. The first kappa shape index (κ1) is 14.5. The van der Waals surface area contributed by atoms with Gasteiger partial charge in [0.25, 0.3) is 0 Å². The Bertz CT molecular complexity index is 546. The largest absolute Gasteiger partial charge is 0.355 e. The van der Waals surface area contributed by atoms with Gasteiger partial charge in [0.2, 0.25) is 15.9 Å². The second kappa shape index (κ2) is 5.87. The van der Waals surface area contributed by atoms with E-state index in [0.717, 1.165) is 12.1 Å². The third-order valence-electron chi connectivity index (χ3n) is 1.97. The van der Waals surface area contributed by atoms with Crippen LogP contribution in [0.2, 0.25) is 0 Å². The Morgan fingerprint density at radius 1 is 1.28 bits per heavy atom. The molecule has 1 aromatic rings. The molecule has 1 rings (SSSR count). The highest BCUT2D eigenvalue weighted by Crippen LogP contribution is 2.14. The van der Waals surface area contributed by atoms with Crippen molar-refractivity contribution in [1.82, 2.24) is 10.0 Å².